The number of rotatable bonds is 4. The van der Waals surface area contributed by atoms with E-state index < -0.39 is 0 Å². The van der Waals surface area contributed by atoms with Crippen molar-refractivity contribution >= 4 is 51.7 Å². The fourth-order valence-corrected chi connectivity index (χ4v) is 3.78. The Morgan fingerprint density at radius 3 is 2.50 bits per heavy atom. The van der Waals surface area contributed by atoms with Crippen LogP contribution in [-0.4, -0.2) is 29.3 Å². The molecule has 0 fully saturated rings. The van der Waals surface area contributed by atoms with Gasteiger partial charge in [0.1, 0.15) is 6.54 Å². The normalized spacial score (nSPS) is 14.2. The van der Waals surface area contributed by atoms with E-state index in [1.54, 1.807) is 18.2 Å². The molecule has 0 bridgehead atoms. The van der Waals surface area contributed by atoms with Gasteiger partial charge in [0.2, 0.25) is 5.91 Å². The standard InChI is InChI=1S/C21H22ClN3O2S/c1-21(2,3)14-8-10-15(11-9-14)24-18(26)13-28-20-23-12-19(27)25(20)17-7-5-4-6-16(17)22/h4-11H,12-13H2,1-3H3,(H,24,26). The van der Waals surface area contributed by atoms with Crippen molar-refractivity contribution in [3.05, 3.63) is 59.1 Å². The zero-order valence-corrected chi connectivity index (χ0v) is 17.6. The van der Waals surface area contributed by atoms with Crippen LogP contribution in [0.3, 0.4) is 0 Å². The summed E-state index contributed by atoms with van der Waals surface area (Å²) in [6, 6.07) is 14.9. The first kappa shape index (κ1) is 20.4. The average molecular weight is 416 g/mol. The highest BCUT2D eigenvalue weighted by molar-refractivity contribution is 8.14. The minimum Gasteiger partial charge on any atom is -0.325 e. The van der Waals surface area contributed by atoms with E-state index in [0.717, 1.165) is 5.69 Å². The number of benzene rings is 2. The van der Waals surface area contributed by atoms with Crippen LogP contribution in [0.15, 0.2) is 53.5 Å². The van der Waals surface area contributed by atoms with E-state index in [4.69, 9.17) is 11.6 Å². The van der Waals surface area contributed by atoms with E-state index >= 15 is 0 Å². The zero-order valence-electron chi connectivity index (χ0n) is 16.0. The van der Waals surface area contributed by atoms with Crippen LogP contribution in [-0.2, 0) is 15.0 Å². The van der Waals surface area contributed by atoms with Crippen molar-refractivity contribution in [3.63, 3.8) is 0 Å². The Morgan fingerprint density at radius 1 is 1.18 bits per heavy atom. The van der Waals surface area contributed by atoms with E-state index in [-0.39, 0.29) is 29.5 Å². The highest BCUT2D eigenvalue weighted by Gasteiger charge is 2.29. The summed E-state index contributed by atoms with van der Waals surface area (Å²) in [6.45, 7) is 6.49. The van der Waals surface area contributed by atoms with E-state index in [2.05, 4.69) is 31.1 Å². The van der Waals surface area contributed by atoms with Gasteiger partial charge in [0, 0.05) is 5.69 Å². The van der Waals surface area contributed by atoms with Crippen LogP contribution in [0.2, 0.25) is 5.02 Å². The van der Waals surface area contributed by atoms with Gasteiger partial charge < -0.3 is 5.32 Å². The van der Waals surface area contributed by atoms with Gasteiger partial charge in [-0.1, -0.05) is 68.4 Å². The molecule has 0 saturated heterocycles. The summed E-state index contributed by atoms with van der Waals surface area (Å²) in [7, 11) is 0. The topological polar surface area (TPSA) is 61.8 Å². The fourth-order valence-electron chi connectivity index (χ4n) is 2.74. The third-order valence-corrected chi connectivity index (χ3v) is 5.55. The first-order valence-corrected chi connectivity index (χ1v) is 10.3. The van der Waals surface area contributed by atoms with Crippen molar-refractivity contribution in [1.29, 1.82) is 0 Å². The van der Waals surface area contributed by atoms with Gasteiger partial charge in [-0.25, -0.2) is 0 Å². The van der Waals surface area contributed by atoms with Crippen molar-refractivity contribution in [2.24, 2.45) is 4.99 Å². The maximum absolute atomic E-state index is 12.3. The highest BCUT2D eigenvalue weighted by atomic mass is 35.5. The minimum atomic E-state index is -0.159. The van der Waals surface area contributed by atoms with E-state index in [1.165, 1.54) is 22.2 Å². The summed E-state index contributed by atoms with van der Waals surface area (Å²) in [6.07, 6.45) is 0. The Labute approximate surface area is 174 Å². The summed E-state index contributed by atoms with van der Waals surface area (Å²) in [5, 5.41) is 3.83. The summed E-state index contributed by atoms with van der Waals surface area (Å²) in [5.74, 6) is -0.169. The monoisotopic (exact) mass is 415 g/mol. The van der Waals surface area contributed by atoms with Gasteiger partial charge in [0.25, 0.3) is 5.91 Å². The van der Waals surface area contributed by atoms with Gasteiger partial charge in [-0.05, 0) is 35.2 Å². The number of halogens is 1. The number of hydrogen-bond donors (Lipinski definition) is 1. The van der Waals surface area contributed by atoms with Crippen LogP contribution >= 0.6 is 23.4 Å². The van der Waals surface area contributed by atoms with Gasteiger partial charge in [0.15, 0.2) is 5.17 Å². The first-order chi connectivity index (χ1) is 13.3. The number of carbonyl (C=O) groups excluding carboxylic acids is 2. The maximum Gasteiger partial charge on any atom is 0.254 e. The van der Waals surface area contributed by atoms with Crippen molar-refractivity contribution in [2.45, 2.75) is 26.2 Å². The number of amides is 2. The van der Waals surface area contributed by atoms with Crippen molar-refractivity contribution in [2.75, 3.05) is 22.5 Å². The second-order valence-corrected chi connectivity index (χ2v) is 8.79. The van der Waals surface area contributed by atoms with Crippen molar-refractivity contribution in [1.82, 2.24) is 0 Å². The van der Waals surface area contributed by atoms with Crippen LogP contribution < -0.4 is 10.2 Å². The largest absolute Gasteiger partial charge is 0.325 e. The average Bonchev–Trinajstić information content (AvgIpc) is 3.00. The Hall–Kier alpha value is -2.31. The molecule has 0 aliphatic carbocycles. The molecule has 2 amide bonds. The number of aliphatic imine (C=N–C) groups is 1. The Morgan fingerprint density at radius 2 is 1.86 bits per heavy atom. The van der Waals surface area contributed by atoms with Gasteiger partial charge in [0.05, 0.1) is 16.5 Å². The fraction of sp³-hybridized carbons (Fsp3) is 0.286. The molecule has 0 saturated carbocycles. The number of nitrogens with one attached hydrogen (secondary N) is 1. The summed E-state index contributed by atoms with van der Waals surface area (Å²) >= 11 is 7.43. The van der Waals surface area contributed by atoms with Crippen LogP contribution in [0.5, 0.6) is 0 Å². The number of anilines is 2. The van der Waals surface area contributed by atoms with E-state index in [1.807, 2.05) is 30.3 Å². The molecule has 1 N–H and O–H groups in total. The third-order valence-electron chi connectivity index (χ3n) is 4.25. The smallest absolute Gasteiger partial charge is 0.254 e. The lowest BCUT2D eigenvalue weighted by molar-refractivity contribution is -0.116. The lowest BCUT2D eigenvalue weighted by atomic mass is 9.87. The summed E-state index contributed by atoms with van der Waals surface area (Å²) in [4.78, 5) is 30.3. The molecule has 0 unspecified atom stereocenters. The first-order valence-electron chi connectivity index (χ1n) is 8.91. The van der Waals surface area contributed by atoms with E-state index in [0.29, 0.717) is 15.9 Å². The molecule has 1 aliphatic heterocycles. The number of thioether (sulfide) groups is 1. The number of nitrogens with zero attached hydrogens (tertiary/aromatic N) is 2. The predicted octanol–water partition coefficient (Wildman–Crippen LogP) is 4.71. The number of para-hydroxylation sites is 1. The zero-order chi connectivity index (χ0) is 20.3. The van der Waals surface area contributed by atoms with Gasteiger partial charge in [-0.2, -0.15) is 0 Å². The molecule has 0 radical (unpaired) electrons. The van der Waals surface area contributed by atoms with Crippen LogP contribution in [0, 0.1) is 0 Å². The molecule has 146 valence electrons. The molecule has 2 aromatic carbocycles. The number of amidine groups is 1. The van der Waals surface area contributed by atoms with Crippen LogP contribution in [0.1, 0.15) is 26.3 Å². The molecule has 0 aromatic heterocycles. The molecule has 3 rings (SSSR count). The van der Waals surface area contributed by atoms with Crippen LogP contribution in [0.4, 0.5) is 11.4 Å². The molecular formula is C21H22ClN3O2S. The third kappa shape index (κ3) is 4.75. The predicted molar refractivity (Wildman–Crippen MR) is 117 cm³/mol. The molecule has 7 heteroatoms. The molecular weight excluding hydrogens is 394 g/mol. The quantitative estimate of drug-likeness (QED) is 0.786. The van der Waals surface area contributed by atoms with Gasteiger partial charge in [-0.15, -0.1) is 0 Å². The molecule has 5 nitrogen and oxygen atoms in total. The second-order valence-electron chi connectivity index (χ2n) is 7.44. The number of hydrogen-bond acceptors (Lipinski definition) is 4. The lowest BCUT2D eigenvalue weighted by Crippen LogP contribution is -2.31. The maximum atomic E-state index is 12.3. The van der Waals surface area contributed by atoms with Gasteiger partial charge >= 0.3 is 0 Å². The van der Waals surface area contributed by atoms with Crippen molar-refractivity contribution in [3.8, 4) is 0 Å². The molecule has 1 aliphatic rings. The minimum absolute atomic E-state index is 0.0590. The molecule has 0 atom stereocenters. The Balaban J connectivity index is 1.61. The van der Waals surface area contributed by atoms with Crippen LogP contribution in [0.25, 0.3) is 0 Å². The highest BCUT2D eigenvalue weighted by Crippen LogP contribution is 2.30. The number of carbonyl (C=O) groups is 2. The Kier molecular flexibility index (Phi) is 6.10. The lowest BCUT2D eigenvalue weighted by Gasteiger charge is -2.19. The Bertz CT molecular complexity index is 920. The second kappa shape index (κ2) is 8.37. The van der Waals surface area contributed by atoms with Crippen molar-refractivity contribution < 1.29 is 9.59 Å². The summed E-state index contributed by atoms with van der Waals surface area (Å²) in [5.41, 5.74) is 2.59. The molecule has 2 aromatic rings. The SMILES string of the molecule is CC(C)(C)c1ccc(NC(=O)CSC2=NCC(=O)N2c2ccccc2Cl)cc1. The van der Waals surface area contributed by atoms with E-state index in [9.17, 15) is 9.59 Å². The molecule has 1 heterocycles. The molecule has 0 spiro atoms. The summed E-state index contributed by atoms with van der Waals surface area (Å²) < 4.78 is 0. The van der Waals surface area contributed by atoms with Gasteiger partial charge in [-0.3, -0.25) is 19.5 Å². The molecule has 28 heavy (non-hydrogen) atoms.